The molecule has 1 aliphatic carbocycles. The first kappa shape index (κ1) is 24.2. The second-order valence-corrected chi connectivity index (χ2v) is 10.1. The van der Waals surface area contributed by atoms with Crippen LogP contribution in [0.4, 0.5) is 23.1 Å². The van der Waals surface area contributed by atoms with Gasteiger partial charge in [-0.25, -0.2) is 19.6 Å². The number of hydrogen-bond acceptors (Lipinski definition) is 10. The van der Waals surface area contributed by atoms with E-state index in [2.05, 4.69) is 50.9 Å². The zero-order valence-corrected chi connectivity index (χ0v) is 21.6. The number of aryl methyl sites for hydroxylation is 2. The lowest BCUT2D eigenvalue weighted by Crippen LogP contribution is -2.51. The number of fused-ring (bicyclic) bond motifs is 1. The Bertz CT molecular complexity index is 1470. The van der Waals surface area contributed by atoms with Crippen molar-refractivity contribution in [1.82, 2.24) is 44.9 Å². The molecule has 1 saturated heterocycles. The molecule has 2 aliphatic rings. The molecule has 0 atom stereocenters. The minimum Gasteiger partial charge on any atom is -0.351 e. The fourth-order valence-corrected chi connectivity index (χ4v) is 5.50. The zero-order valence-electron chi connectivity index (χ0n) is 21.6. The van der Waals surface area contributed by atoms with Crippen molar-refractivity contribution >= 4 is 40.1 Å². The zero-order chi connectivity index (χ0) is 26.1. The van der Waals surface area contributed by atoms with Crippen LogP contribution in [0.25, 0.3) is 11.0 Å². The average Bonchev–Trinajstić information content (AvgIpc) is 3.47. The summed E-state index contributed by atoms with van der Waals surface area (Å²) < 4.78 is 1.68. The number of carbonyl (C=O) groups excluding carboxylic acids is 1. The third-order valence-electron chi connectivity index (χ3n) is 7.69. The quantitative estimate of drug-likeness (QED) is 0.322. The highest BCUT2D eigenvalue weighted by atomic mass is 16.1. The van der Waals surface area contributed by atoms with E-state index >= 15 is 0 Å². The minimum atomic E-state index is -0.128. The van der Waals surface area contributed by atoms with E-state index in [4.69, 9.17) is 0 Å². The molecule has 12 nitrogen and oxygen atoms in total. The number of aromatic nitrogens is 7. The lowest BCUT2D eigenvalue weighted by atomic mass is 9.75. The Morgan fingerprint density at radius 1 is 1.05 bits per heavy atom. The van der Waals surface area contributed by atoms with E-state index in [-0.39, 0.29) is 5.91 Å². The Kier molecular flexibility index (Phi) is 6.32. The number of rotatable bonds is 8. The van der Waals surface area contributed by atoms with E-state index in [0.717, 1.165) is 24.2 Å². The first-order chi connectivity index (χ1) is 18.5. The molecule has 0 bridgehead atoms. The fourth-order valence-electron chi connectivity index (χ4n) is 5.50. The van der Waals surface area contributed by atoms with Gasteiger partial charge >= 0.3 is 0 Å². The van der Waals surface area contributed by atoms with Crippen LogP contribution in [0.2, 0.25) is 0 Å². The number of amides is 1. The predicted molar refractivity (Wildman–Crippen MR) is 144 cm³/mol. The van der Waals surface area contributed by atoms with E-state index in [1.807, 2.05) is 20.0 Å². The van der Waals surface area contributed by atoms with E-state index < -0.39 is 0 Å². The van der Waals surface area contributed by atoms with Gasteiger partial charge in [-0.05, 0) is 51.6 Å². The summed E-state index contributed by atoms with van der Waals surface area (Å²) >= 11 is 0. The van der Waals surface area contributed by atoms with Crippen LogP contribution in [0.1, 0.15) is 48.2 Å². The standard InChI is InChI=1S/C26H31N11O/c1-17-21(11-18(12-30-17)24(38)29-8-10-37-9-4-7-26(37)5-3-6-26)33-22-20-15-31-25(34-23(20)36(2)35-22)32-19-13-27-16-28-14-19/h11-16H,3-10H2,1-2H3,(H,29,38)(H,33,35)(H,31,32,34). The number of likely N-dealkylation sites (tertiary alicyclic amines) is 1. The molecule has 1 saturated carbocycles. The highest BCUT2D eigenvalue weighted by Gasteiger charge is 2.44. The van der Waals surface area contributed by atoms with Gasteiger partial charge in [-0.1, -0.05) is 0 Å². The minimum absolute atomic E-state index is 0.128. The topological polar surface area (TPSA) is 139 Å². The first-order valence-electron chi connectivity index (χ1n) is 13.0. The van der Waals surface area contributed by atoms with Gasteiger partial charge in [-0.15, -0.1) is 0 Å². The number of nitrogens with one attached hydrogen (secondary N) is 3. The van der Waals surface area contributed by atoms with Gasteiger partial charge in [0.1, 0.15) is 6.33 Å². The molecule has 1 spiro atoms. The van der Waals surface area contributed by atoms with Crippen molar-refractivity contribution in [3.05, 3.63) is 48.4 Å². The molecule has 6 rings (SSSR count). The van der Waals surface area contributed by atoms with Gasteiger partial charge in [0.2, 0.25) is 5.95 Å². The SMILES string of the molecule is Cc1ncc(C(=O)NCCN2CCCC23CCC3)cc1Nc1nn(C)c2nc(Nc3cncnc3)ncc12. The van der Waals surface area contributed by atoms with Crippen LogP contribution in [-0.4, -0.2) is 70.7 Å². The maximum atomic E-state index is 12.9. The van der Waals surface area contributed by atoms with Crippen LogP contribution >= 0.6 is 0 Å². The van der Waals surface area contributed by atoms with Crippen molar-refractivity contribution in [2.45, 2.75) is 44.6 Å². The smallest absolute Gasteiger partial charge is 0.252 e. The molecule has 5 heterocycles. The highest BCUT2D eigenvalue weighted by Crippen LogP contribution is 2.45. The molecule has 12 heteroatoms. The summed E-state index contributed by atoms with van der Waals surface area (Å²) in [5.41, 5.74) is 3.71. The van der Waals surface area contributed by atoms with E-state index in [0.29, 0.717) is 46.4 Å². The second kappa shape index (κ2) is 9.93. The van der Waals surface area contributed by atoms with Crippen molar-refractivity contribution in [1.29, 1.82) is 0 Å². The van der Waals surface area contributed by atoms with Crippen LogP contribution in [0.5, 0.6) is 0 Å². The van der Waals surface area contributed by atoms with Gasteiger partial charge in [-0.3, -0.25) is 14.7 Å². The van der Waals surface area contributed by atoms with E-state index in [9.17, 15) is 4.79 Å². The second-order valence-electron chi connectivity index (χ2n) is 10.1. The number of nitrogens with zero attached hydrogens (tertiary/aromatic N) is 8. The molecule has 0 aromatic carbocycles. The van der Waals surface area contributed by atoms with Gasteiger partial charge in [0.15, 0.2) is 11.5 Å². The number of pyridine rings is 1. The monoisotopic (exact) mass is 513 g/mol. The first-order valence-corrected chi connectivity index (χ1v) is 13.0. The molecule has 4 aromatic heterocycles. The molecule has 196 valence electrons. The van der Waals surface area contributed by atoms with Crippen LogP contribution in [0.15, 0.2) is 37.2 Å². The Labute approximate surface area is 220 Å². The van der Waals surface area contributed by atoms with Crippen molar-refractivity contribution in [2.75, 3.05) is 30.3 Å². The lowest BCUT2D eigenvalue weighted by Gasteiger charge is -2.46. The van der Waals surface area contributed by atoms with Crippen LogP contribution in [0.3, 0.4) is 0 Å². The summed E-state index contributed by atoms with van der Waals surface area (Å²) in [6, 6.07) is 1.81. The maximum absolute atomic E-state index is 12.9. The summed E-state index contributed by atoms with van der Waals surface area (Å²) in [6.45, 7) is 4.55. The summed E-state index contributed by atoms with van der Waals surface area (Å²) in [5.74, 6) is 0.868. The Morgan fingerprint density at radius 2 is 1.87 bits per heavy atom. The molecule has 3 N–H and O–H groups in total. The van der Waals surface area contributed by atoms with Gasteiger partial charge in [0, 0.05) is 38.1 Å². The summed E-state index contributed by atoms with van der Waals surface area (Å²) in [4.78, 5) is 36.9. The number of carbonyl (C=O) groups is 1. The van der Waals surface area contributed by atoms with Gasteiger partial charge < -0.3 is 16.0 Å². The molecular weight excluding hydrogens is 482 g/mol. The molecule has 0 radical (unpaired) electrons. The predicted octanol–water partition coefficient (Wildman–Crippen LogP) is 3.09. The fraction of sp³-hybridized carbons (Fsp3) is 0.423. The van der Waals surface area contributed by atoms with Crippen molar-refractivity contribution < 1.29 is 4.79 Å². The molecule has 2 fully saturated rings. The summed E-state index contributed by atoms with van der Waals surface area (Å²) in [5, 5.41) is 14.8. The van der Waals surface area contributed by atoms with Crippen molar-refractivity contribution in [3.8, 4) is 0 Å². The lowest BCUT2D eigenvalue weighted by molar-refractivity contribution is 0.0561. The summed E-state index contributed by atoms with van der Waals surface area (Å²) in [7, 11) is 1.82. The summed E-state index contributed by atoms with van der Waals surface area (Å²) in [6.07, 6.45) is 14.5. The largest absolute Gasteiger partial charge is 0.351 e. The Balaban J connectivity index is 1.14. The van der Waals surface area contributed by atoms with E-state index in [1.165, 1.54) is 38.4 Å². The number of hydrogen-bond donors (Lipinski definition) is 3. The Morgan fingerprint density at radius 3 is 2.66 bits per heavy atom. The third-order valence-corrected chi connectivity index (χ3v) is 7.69. The number of anilines is 4. The molecule has 38 heavy (non-hydrogen) atoms. The van der Waals surface area contributed by atoms with Gasteiger partial charge in [0.05, 0.1) is 40.4 Å². The van der Waals surface area contributed by atoms with Crippen LogP contribution in [-0.2, 0) is 7.05 Å². The molecule has 1 aliphatic heterocycles. The molecule has 1 amide bonds. The molecular formula is C26H31N11O. The molecule has 0 unspecified atom stereocenters. The van der Waals surface area contributed by atoms with Crippen molar-refractivity contribution in [3.63, 3.8) is 0 Å². The normalized spacial score (nSPS) is 16.5. The van der Waals surface area contributed by atoms with Gasteiger partial charge in [0.25, 0.3) is 5.91 Å². The highest BCUT2D eigenvalue weighted by molar-refractivity contribution is 5.96. The van der Waals surface area contributed by atoms with Crippen LogP contribution in [0, 0.1) is 6.92 Å². The maximum Gasteiger partial charge on any atom is 0.252 e. The average molecular weight is 514 g/mol. The molecule has 4 aromatic rings. The van der Waals surface area contributed by atoms with Gasteiger partial charge in [-0.2, -0.15) is 10.1 Å². The van der Waals surface area contributed by atoms with E-state index in [1.54, 1.807) is 29.5 Å². The third kappa shape index (κ3) is 4.62. The Hall–Kier alpha value is -4.19. The van der Waals surface area contributed by atoms with Crippen molar-refractivity contribution in [2.24, 2.45) is 7.05 Å². The van der Waals surface area contributed by atoms with Crippen LogP contribution < -0.4 is 16.0 Å².